The molecule has 0 unspecified atom stereocenters. The van der Waals surface area contributed by atoms with Crippen LogP contribution in [0.25, 0.3) is 27.7 Å². The first-order valence-corrected chi connectivity index (χ1v) is 10.7. The van der Waals surface area contributed by atoms with Crippen molar-refractivity contribution in [2.75, 3.05) is 5.32 Å². The second kappa shape index (κ2) is 8.20. The van der Waals surface area contributed by atoms with Gasteiger partial charge in [0.2, 0.25) is 0 Å². The van der Waals surface area contributed by atoms with Crippen LogP contribution in [0.4, 0.5) is 5.69 Å². The largest absolute Gasteiger partial charge is 0.321 e. The molecular weight excluding hydrogens is 450 g/mol. The fourth-order valence-electron chi connectivity index (χ4n) is 3.66. The van der Waals surface area contributed by atoms with Gasteiger partial charge in [0, 0.05) is 15.7 Å². The summed E-state index contributed by atoms with van der Waals surface area (Å²) in [5, 5.41) is 9.86. The van der Waals surface area contributed by atoms with E-state index in [1.165, 1.54) is 0 Å². The smallest absolute Gasteiger partial charge is 0.276 e. The van der Waals surface area contributed by atoms with E-state index in [1.54, 1.807) is 0 Å². The number of aromatic nitrogens is 2. The standard InChI is InChI=1S/C26H18BrN3O/c27-19-10-7-11-20(16-19)28-26(31)24-17-25(30(29-24)21-12-2-1-3-13-21)23-15-6-9-18-8-4-5-14-22(18)23/h1-17H,(H,28,31). The van der Waals surface area contributed by atoms with Crippen molar-refractivity contribution in [3.63, 3.8) is 0 Å². The highest BCUT2D eigenvalue weighted by molar-refractivity contribution is 9.10. The third kappa shape index (κ3) is 3.88. The van der Waals surface area contributed by atoms with E-state index in [0.29, 0.717) is 11.4 Å². The molecule has 0 fully saturated rings. The molecule has 5 rings (SSSR count). The monoisotopic (exact) mass is 467 g/mol. The van der Waals surface area contributed by atoms with E-state index in [-0.39, 0.29) is 5.91 Å². The van der Waals surface area contributed by atoms with Crippen LogP contribution in [0.1, 0.15) is 10.5 Å². The first-order valence-electron chi connectivity index (χ1n) is 9.89. The Morgan fingerprint density at radius 2 is 1.55 bits per heavy atom. The highest BCUT2D eigenvalue weighted by Gasteiger charge is 2.18. The van der Waals surface area contributed by atoms with Gasteiger partial charge in [-0.1, -0.05) is 82.7 Å². The Morgan fingerprint density at radius 1 is 0.806 bits per heavy atom. The zero-order valence-corrected chi connectivity index (χ0v) is 18.1. The predicted molar refractivity (Wildman–Crippen MR) is 129 cm³/mol. The molecule has 31 heavy (non-hydrogen) atoms. The lowest BCUT2D eigenvalue weighted by molar-refractivity contribution is 0.102. The summed E-state index contributed by atoms with van der Waals surface area (Å²) in [7, 11) is 0. The number of nitrogens with one attached hydrogen (secondary N) is 1. The lowest BCUT2D eigenvalue weighted by Crippen LogP contribution is -2.13. The number of hydrogen-bond acceptors (Lipinski definition) is 2. The average Bonchev–Trinajstić information content (AvgIpc) is 3.25. The molecule has 0 aliphatic heterocycles. The first-order chi connectivity index (χ1) is 15.2. The molecule has 5 heteroatoms. The van der Waals surface area contributed by atoms with E-state index in [2.05, 4.69) is 50.6 Å². The van der Waals surface area contributed by atoms with Crippen molar-refractivity contribution in [2.24, 2.45) is 0 Å². The van der Waals surface area contributed by atoms with Crippen molar-refractivity contribution in [2.45, 2.75) is 0 Å². The van der Waals surface area contributed by atoms with Gasteiger partial charge < -0.3 is 5.32 Å². The predicted octanol–water partition coefficient (Wildman–Crippen LogP) is 6.71. The molecule has 4 aromatic carbocycles. The normalized spacial score (nSPS) is 10.9. The minimum atomic E-state index is -0.255. The molecule has 0 saturated heterocycles. The number of carbonyl (C=O) groups excluding carboxylic acids is 1. The average molecular weight is 468 g/mol. The second-order valence-electron chi connectivity index (χ2n) is 7.15. The Bertz CT molecular complexity index is 1390. The van der Waals surface area contributed by atoms with Crippen LogP contribution in [0.2, 0.25) is 0 Å². The van der Waals surface area contributed by atoms with Gasteiger partial charge in [0.15, 0.2) is 5.69 Å². The van der Waals surface area contributed by atoms with Crippen molar-refractivity contribution in [3.05, 3.63) is 113 Å². The van der Waals surface area contributed by atoms with E-state index in [0.717, 1.165) is 32.2 Å². The van der Waals surface area contributed by atoms with Crippen molar-refractivity contribution in [1.82, 2.24) is 9.78 Å². The molecule has 1 N–H and O–H groups in total. The third-order valence-corrected chi connectivity index (χ3v) is 5.58. The number of carbonyl (C=O) groups is 1. The van der Waals surface area contributed by atoms with Gasteiger partial charge in [0.25, 0.3) is 5.91 Å². The molecule has 0 radical (unpaired) electrons. The molecule has 150 valence electrons. The van der Waals surface area contributed by atoms with Crippen molar-refractivity contribution >= 4 is 38.3 Å². The van der Waals surface area contributed by atoms with Crippen LogP contribution in [-0.4, -0.2) is 15.7 Å². The van der Waals surface area contributed by atoms with Crippen LogP contribution in [-0.2, 0) is 0 Å². The number of fused-ring (bicyclic) bond motifs is 1. The van der Waals surface area contributed by atoms with Crippen molar-refractivity contribution in [3.8, 4) is 16.9 Å². The molecule has 0 aliphatic carbocycles. The van der Waals surface area contributed by atoms with Crippen LogP contribution in [0.15, 0.2) is 108 Å². The second-order valence-corrected chi connectivity index (χ2v) is 8.07. The lowest BCUT2D eigenvalue weighted by atomic mass is 10.0. The van der Waals surface area contributed by atoms with E-state index in [1.807, 2.05) is 83.5 Å². The highest BCUT2D eigenvalue weighted by atomic mass is 79.9. The minimum absolute atomic E-state index is 0.255. The number of nitrogens with zero attached hydrogens (tertiary/aromatic N) is 2. The van der Waals surface area contributed by atoms with Crippen LogP contribution in [0, 0.1) is 0 Å². The highest BCUT2D eigenvalue weighted by Crippen LogP contribution is 2.31. The number of benzene rings is 4. The van der Waals surface area contributed by atoms with Gasteiger partial charge in [-0.2, -0.15) is 5.10 Å². The molecular formula is C26H18BrN3O. The first kappa shape index (κ1) is 19.3. The molecule has 0 saturated carbocycles. The SMILES string of the molecule is O=C(Nc1cccc(Br)c1)c1cc(-c2cccc3ccccc23)n(-c2ccccc2)n1. The van der Waals surface area contributed by atoms with Crippen LogP contribution in [0.5, 0.6) is 0 Å². The summed E-state index contributed by atoms with van der Waals surface area (Å²) in [5.74, 6) is -0.255. The molecule has 0 atom stereocenters. The molecule has 1 aromatic heterocycles. The molecule has 4 nitrogen and oxygen atoms in total. The third-order valence-electron chi connectivity index (χ3n) is 5.09. The zero-order valence-electron chi connectivity index (χ0n) is 16.5. The molecule has 5 aromatic rings. The number of halogens is 1. The molecule has 1 heterocycles. The quantitative estimate of drug-likeness (QED) is 0.319. The maximum absolute atomic E-state index is 13.0. The minimum Gasteiger partial charge on any atom is -0.321 e. The summed E-state index contributed by atoms with van der Waals surface area (Å²) < 4.78 is 2.73. The van der Waals surface area contributed by atoms with Crippen LogP contribution < -0.4 is 5.32 Å². The van der Waals surface area contributed by atoms with Gasteiger partial charge >= 0.3 is 0 Å². The number of hydrogen-bond donors (Lipinski definition) is 1. The number of rotatable bonds is 4. The summed E-state index contributed by atoms with van der Waals surface area (Å²) >= 11 is 3.44. The number of anilines is 1. The van der Waals surface area contributed by atoms with E-state index < -0.39 is 0 Å². The maximum Gasteiger partial charge on any atom is 0.276 e. The van der Waals surface area contributed by atoms with E-state index in [4.69, 9.17) is 0 Å². The van der Waals surface area contributed by atoms with Gasteiger partial charge in [-0.25, -0.2) is 4.68 Å². The fraction of sp³-hybridized carbons (Fsp3) is 0. The van der Waals surface area contributed by atoms with Gasteiger partial charge in [0.1, 0.15) is 0 Å². The van der Waals surface area contributed by atoms with Gasteiger partial charge in [-0.05, 0) is 47.2 Å². The van der Waals surface area contributed by atoms with Gasteiger partial charge in [-0.3, -0.25) is 4.79 Å². The van der Waals surface area contributed by atoms with Crippen molar-refractivity contribution in [1.29, 1.82) is 0 Å². The van der Waals surface area contributed by atoms with Crippen molar-refractivity contribution < 1.29 is 4.79 Å². The maximum atomic E-state index is 13.0. The number of amides is 1. The topological polar surface area (TPSA) is 46.9 Å². The summed E-state index contributed by atoms with van der Waals surface area (Å²) in [6, 6.07) is 33.6. The molecule has 0 aliphatic rings. The van der Waals surface area contributed by atoms with E-state index >= 15 is 0 Å². The molecule has 0 spiro atoms. The Hall–Kier alpha value is -3.70. The lowest BCUT2D eigenvalue weighted by Gasteiger charge is -2.10. The zero-order chi connectivity index (χ0) is 21.2. The molecule has 1 amide bonds. The molecule has 0 bridgehead atoms. The summed E-state index contributed by atoms with van der Waals surface area (Å²) in [5.41, 5.74) is 3.84. The Morgan fingerprint density at radius 3 is 2.39 bits per heavy atom. The fourth-order valence-corrected chi connectivity index (χ4v) is 4.06. The van der Waals surface area contributed by atoms with Gasteiger partial charge in [-0.15, -0.1) is 0 Å². The Kier molecular flexibility index (Phi) is 5.10. The van der Waals surface area contributed by atoms with Crippen LogP contribution in [0.3, 0.4) is 0 Å². The number of para-hydroxylation sites is 1. The Labute approximate surface area is 188 Å². The Balaban J connectivity index is 1.64. The van der Waals surface area contributed by atoms with E-state index in [9.17, 15) is 4.79 Å². The summed E-state index contributed by atoms with van der Waals surface area (Å²) in [6.07, 6.45) is 0. The summed E-state index contributed by atoms with van der Waals surface area (Å²) in [4.78, 5) is 13.0. The van der Waals surface area contributed by atoms with Gasteiger partial charge in [0.05, 0.1) is 11.4 Å². The summed E-state index contributed by atoms with van der Waals surface area (Å²) in [6.45, 7) is 0. The van der Waals surface area contributed by atoms with Crippen LogP contribution >= 0.6 is 15.9 Å².